The van der Waals surface area contributed by atoms with E-state index in [1.165, 1.54) is 11.5 Å². The van der Waals surface area contributed by atoms with E-state index in [1.54, 1.807) is 4.68 Å². The van der Waals surface area contributed by atoms with Crippen LogP contribution in [-0.2, 0) is 6.54 Å². The van der Waals surface area contributed by atoms with E-state index in [-0.39, 0.29) is 0 Å². The van der Waals surface area contributed by atoms with Crippen molar-refractivity contribution in [1.82, 2.24) is 24.4 Å². The van der Waals surface area contributed by atoms with Crippen molar-refractivity contribution >= 4 is 23.1 Å². The molecule has 0 saturated carbocycles. The summed E-state index contributed by atoms with van der Waals surface area (Å²) in [5.74, 6) is 1.60. The molecular weight excluding hydrogens is 222 g/mol. The lowest BCUT2D eigenvalue weighted by atomic mass is 10.5. The number of nitrogens with zero attached hydrogens (tertiary/aromatic N) is 5. The Morgan fingerprint density at radius 1 is 1.43 bits per heavy atom. The fourth-order valence-corrected chi connectivity index (χ4v) is 1.76. The Hall–Kier alpha value is -1.01. The van der Waals surface area contributed by atoms with Crippen LogP contribution in [-0.4, -0.2) is 24.4 Å². The van der Waals surface area contributed by atoms with Gasteiger partial charge in [-0.3, -0.25) is 0 Å². The number of aromatic nitrogens is 5. The van der Waals surface area contributed by atoms with E-state index in [1.807, 2.05) is 13.8 Å². The minimum atomic E-state index is 0.530. The number of halogens is 1. The summed E-state index contributed by atoms with van der Waals surface area (Å²) < 4.78 is 6.12. The van der Waals surface area contributed by atoms with Gasteiger partial charge in [0.2, 0.25) is 0 Å². The molecule has 0 saturated heterocycles. The topological polar surface area (TPSA) is 56.5 Å². The Kier molecular flexibility index (Phi) is 2.47. The molecular formula is C7H8ClN5S. The van der Waals surface area contributed by atoms with Crippen molar-refractivity contribution in [2.24, 2.45) is 0 Å². The Morgan fingerprint density at radius 2 is 2.21 bits per heavy atom. The van der Waals surface area contributed by atoms with Gasteiger partial charge in [0.25, 0.3) is 0 Å². The maximum atomic E-state index is 5.88. The van der Waals surface area contributed by atoms with E-state index >= 15 is 0 Å². The van der Waals surface area contributed by atoms with Crippen LogP contribution in [0.2, 0.25) is 4.34 Å². The summed E-state index contributed by atoms with van der Waals surface area (Å²) in [5, 5.41) is 8.12. The second kappa shape index (κ2) is 3.62. The summed E-state index contributed by atoms with van der Waals surface area (Å²) >= 11 is 7.06. The van der Waals surface area contributed by atoms with E-state index in [0.717, 1.165) is 17.3 Å². The maximum absolute atomic E-state index is 5.88. The van der Waals surface area contributed by atoms with Gasteiger partial charge in [0.1, 0.15) is 21.7 Å². The highest BCUT2D eigenvalue weighted by molar-refractivity contribution is 7.10. The highest BCUT2D eigenvalue weighted by Gasteiger charge is 2.09. The van der Waals surface area contributed by atoms with Crippen molar-refractivity contribution < 1.29 is 0 Å². The SMILES string of the molecule is Cc1nc(C)n(Cc2nnsc2Cl)n1. The predicted octanol–water partition coefficient (Wildman–Crippen LogP) is 1.45. The van der Waals surface area contributed by atoms with Gasteiger partial charge >= 0.3 is 0 Å². The maximum Gasteiger partial charge on any atom is 0.147 e. The highest BCUT2D eigenvalue weighted by Crippen LogP contribution is 2.18. The van der Waals surface area contributed by atoms with Gasteiger partial charge in [-0.2, -0.15) is 5.10 Å². The van der Waals surface area contributed by atoms with Crippen molar-refractivity contribution in [2.75, 3.05) is 0 Å². The quantitative estimate of drug-likeness (QED) is 0.782. The van der Waals surface area contributed by atoms with Crippen molar-refractivity contribution in [3.63, 3.8) is 0 Å². The molecule has 74 valence electrons. The van der Waals surface area contributed by atoms with Gasteiger partial charge < -0.3 is 0 Å². The smallest absolute Gasteiger partial charge is 0.147 e. The molecule has 5 nitrogen and oxygen atoms in total. The lowest BCUT2D eigenvalue weighted by molar-refractivity contribution is 0.642. The van der Waals surface area contributed by atoms with Crippen LogP contribution in [0.25, 0.3) is 0 Å². The monoisotopic (exact) mass is 229 g/mol. The van der Waals surface area contributed by atoms with Crippen LogP contribution in [0.3, 0.4) is 0 Å². The van der Waals surface area contributed by atoms with Gasteiger partial charge in [0.05, 0.1) is 6.54 Å². The summed E-state index contributed by atoms with van der Waals surface area (Å²) in [6.07, 6.45) is 0. The molecule has 0 spiro atoms. The average molecular weight is 230 g/mol. The van der Waals surface area contributed by atoms with Crippen LogP contribution in [0.1, 0.15) is 17.3 Å². The van der Waals surface area contributed by atoms with Crippen molar-refractivity contribution in [3.8, 4) is 0 Å². The van der Waals surface area contributed by atoms with Crippen LogP contribution >= 0.6 is 23.1 Å². The first-order valence-electron chi connectivity index (χ1n) is 4.01. The molecule has 0 N–H and O–H groups in total. The molecule has 0 fully saturated rings. The lowest BCUT2D eigenvalue weighted by Gasteiger charge is -1.98. The molecule has 0 aliphatic heterocycles. The Bertz CT molecular complexity index is 449. The molecule has 7 heteroatoms. The van der Waals surface area contributed by atoms with E-state index in [2.05, 4.69) is 19.7 Å². The molecule has 0 aromatic carbocycles. The third-order valence-electron chi connectivity index (χ3n) is 1.77. The highest BCUT2D eigenvalue weighted by atomic mass is 35.5. The van der Waals surface area contributed by atoms with Gasteiger partial charge in [-0.05, 0) is 13.8 Å². The van der Waals surface area contributed by atoms with E-state index in [9.17, 15) is 0 Å². The largest absolute Gasteiger partial charge is 0.244 e. The van der Waals surface area contributed by atoms with Gasteiger partial charge in [0.15, 0.2) is 0 Å². The van der Waals surface area contributed by atoms with Gasteiger partial charge in [0, 0.05) is 11.5 Å². The van der Waals surface area contributed by atoms with Crippen molar-refractivity contribution in [2.45, 2.75) is 20.4 Å². The zero-order valence-electron chi connectivity index (χ0n) is 7.73. The lowest BCUT2D eigenvalue weighted by Crippen LogP contribution is -2.04. The summed E-state index contributed by atoms with van der Waals surface area (Å²) in [6, 6.07) is 0. The predicted molar refractivity (Wildman–Crippen MR) is 53.5 cm³/mol. The Balaban J connectivity index is 2.27. The fraction of sp³-hybridized carbons (Fsp3) is 0.429. The fourth-order valence-electron chi connectivity index (χ4n) is 1.14. The molecule has 0 radical (unpaired) electrons. The summed E-state index contributed by atoms with van der Waals surface area (Å²) in [5.41, 5.74) is 0.740. The zero-order chi connectivity index (χ0) is 10.1. The molecule has 0 amide bonds. The van der Waals surface area contributed by atoms with Crippen molar-refractivity contribution in [1.29, 1.82) is 0 Å². The molecule has 0 unspecified atom stereocenters. The van der Waals surface area contributed by atoms with Gasteiger partial charge in [-0.25, -0.2) is 9.67 Å². The summed E-state index contributed by atoms with van der Waals surface area (Å²) in [7, 11) is 0. The number of rotatable bonds is 2. The third-order valence-corrected chi connectivity index (χ3v) is 2.76. The average Bonchev–Trinajstić information content (AvgIpc) is 2.62. The van der Waals surface area contributed by atoms with E-state index in [0.29, 0.717) is 10.9 Å². The molecule has 0 aliphatic carbocycles. The first kappa shape index (κ1) is 9.54. The minimum Gasteiger partial charge on any atom is -0.244 e. The summed E-state index contributed by atoms with van der Waals surface area (Å²) in [4.78, 5) is 4.19. The Labute approximate surface area is 89.9 Å². The minimum absolute atomic E-state index is 0.530. The van der Waals surface area contributed by atoms with E-state index < -0.39 is 0 Å². The third kappa shape index (κ3) is 1.76. The summed E-state index contributed by atoms with van der Waals surface area (Å²) in [6.45, 7) is 4.28. The van der Waals surface area contributed by atoms with Gasteiger partial charge in [-0.1, -0.05) is 16.1 Å². The van der Waals surface area contributed by atoms with Crippen LogP contribution in [0, 0.1) is 13.8 Å². The number of hydrogen-bond acceptors (Lipinski definition) is 5. The molecule has 2 heterocycles. The second-order valence-electron chi connectivity index (χ2n) is 2.86. The van der Waals surface area contributed by atoms with Crippen LogP contribution in [0.15, 0.2) is 0 Å². The molecule has 0 atom stereocenters. The van der Waals surface area contributed by atoms with Gasteiger partial charge in [-0.15, -0.1) is 5.10 Å². The Morgan fingerprint density at radius 3 is 2.71 bits per heavy atom. The van der Waals surface area contributed by atoms with Crippen LogP contribution in [0.5, 0.6) is 0 Å². The van der Waals surface area contributed by atoms with Crippen LogP contribution in [0.4, 0.5) is 0 Å². The molecule has 2 rings (SSSR count). The standard InChI is InChI=1S/C7H8ClN5S/c1-4-9-5(2)13(11-4)3-6-7(8)14-12-10-6/h3H2,1-2H3. The normalized spacial score (nSPS) is 10.8. The number of hydrogen-bond donors (Lipinski definition) is 0. The first-order chi connectivity index (χ1) is 6.66. The molecule has 14 heavy (non-hydrogen) atoms. The number of aryl methyl sites for hydroxylation is 2. The zero-order valence-corrected chi connectivity index (χ0v) is 9.30. The van der Waals surface area contributed by atoms with E-state index in [4.69, 9.17) is 11.6 Å². The van der Waals surface area contributed by atoms with Crippen LogP contribution < -0.4 is 0 Å². The molecule has 0 bridgehead atoms. The second-order valence-corrected chi connectivity index (χ2v) is 4.21. The molecule has 2 aromatic rings. The first-order valence-corrected chi connectivity index (χ1v) is 5.16. The molecule has 2 aromatic heterocycles. The molecule has 0 aliphatic rings. The van der Waals surface area contributed by atoms with Crippen molar-refractivity contribution in [3.05, 3.63) is 21.7 Å².